The summed E-state index contributed by atoms with van der Waals surface area (Å²) in [5.74, 6) is 0.261. The first-order chi connectivity index (χ1) is 9.52. The normalized spacial score (nSPS) is 19.2. The number of hydrogen-bond acceptors (Lipinski definition) is 7. The van der Waals surface area contributed by atoms with Crippen LogP contribution in [0.25, 0.3) is 0 Å². The van der Waals surface area contributed by atoms with Gasteiger partial charge in [-0.1, -0.05) is 6.92 Å². The number of nitrogen functional groups attached to an aromatic ring is 1. The molecule has 1 aromatic heterocycles. The molecule has 2 rings (SSSR count). The van der Waals surface area contributed by atoms with Gasteiger partial charge >= 0.3 is 5.69 Å². The minimum absolute atomic E-state index is 0.0503. The Kier molecular flexibility index (Phi) is 4.33. The van der Waals surface area contributed by atoms with Crippen molar-refractivity contribution in [2.45, 2.75) is 32.7 Å². The van der Waals surface area contributed by atoms with Crippen LogP contribution < -0.4 is 11.1 Å². The topological polar surface area (TPSA) is 110 Å². The first-order valence-corrected chi connectivity index (χ1v) is 6.79. The Bertz CT molecular complexity index is 507. The lowest BCUT2D eigenvalue weighted by Gasteiger charge is -2.23. The average Bonchev–Trinajstić information content (AvgIpc) is 2.82. The summed E-state index contributed by atoms with van der Waals surface area (Å²) in [5.41, 5.74) is 5.75. The van der Waals surface area contributed by atoms with E-state index in [0.717, 1.165) is 25.9 Å². The molecule has 0 aliphatic carbocycles. The van der Waals surface area contributed by atoms with Gasteiger partial charge in [0.05, 0.1) is 4.92 Å². The van der Waals surface area contributed by atoms with Crippen LogP contribution in [0.3, 0.4) is 0 Å². The van der Waals surface area contributed by atoms with Gasteiger partial charge < -0.3 is 11.1 Å². The zero-order valence-corrected chi connectivity index (χ0v) is 11.8. The zero-order valence-electron chi connectivity index (χ0n) is 11.8. The summed E-state index contributed by atoms with van der Waals surface area (Å²) in [6, 6.07) is 0.385. The van der Waals surface area contributed by atoms with E-state index in [4.69, 9.17) is 5.73 Å². The Hall–Kier alpha value is -1.96. The molecule has 8 heteroatoms. The van der Waals surface area contributed by atoms with E-state index in [1.807, 2.05) is 0 Å². The Morgan fingerprint density at radius 2 is 2.30 bits per heavy atom. The van der Waals surface area contributed by atoms with Gasteiger partial charge in [0, 0.05) is 12.6 Å². The maximum absolute atomic E-state index is 11.1. The second kappa shape index (κ2) is 6.00. The summed E-state index contributed by atoms with van der Waals surface area (Å²) >= 11 is 0. The highest BCUT2D eigenvalue weighted by molar-refractivity contribution is 5.60. The fourth-order valence-electron chi connectivity index (χ4n) is 2.69. The summed E-state index contributed by atoms with van der Waals surface area (Å²) < 4.78 is 0. The van der Waals surface area contributed by atoms with Crippen LogP contribution in [0.2, 0.25) is 0 Å². The molecule has 1 atom stereocenters. The van der Waals surface area contributed by atoms with Crippen molar-refractivity contribution < 1.29 is 4.92 Å². The van der Waals surface area contributed by atoms with Crippen molar-refractivity contribution in [3.05, 3.63) is 15.8 Å². The number of rotatable bonds is 5. The smallest absolute Gasteiger partial charge is 0.332 e. The molecule has 0 bridgehead atoms. The highest BCUT2D eigenvalue weighted by Gasteiger charge is 2.26. The second-order valence-corrected chi connectivity index (χ2v) is 4.93. The molecular weight excluding hydrogens is 260 g/mol. The van der Waals surface area contributed by atoms with Gasteiger partial charge in [-0.05, 0) is 32.9 Å². The monoisotopic (exact) mass is 280 g/mol. The van der Waals surface area contributed by atoms with Crippen molar-refractivity contribution in [3.8, 4) is 0 Å². The molecule has 2 heterocycles. The Morgan fingerprint density at radius 3 is 2.95 bits per heavy atom. The summed E-state index contributed by atoms with van der Waals surface area (Å²) in [4.78, 5) is 20.8. The van der Waals surface area contributed by atoms with E-state index in [0.29, 0.717) is 12.6 Å². The van der Waals surface area contributed by atoms with Crippen molar-refractivity contribution in [2.75, 3.05) is 30.7 Å². The fourth-order valence-corrected chi connectivity index (χ4v) is 2.69. The van der Waals surface area contributed by atoms with Crippen LogP contribution in [0.5, 0.6) is 0 Å². The SMILES string of the molecule is CCN1CCCC1CNc1nc(N)nc(C)c1[N+](=O)[O-]. The molecule has 1 unspecified atom stereocenters. The Morgan fingerprint density at radius 1 is 1.55 bits per heavy atom. The standard InChI is InChI=1S/C12H20N6O2/c1-3-17-6-4-5-9(17)7-14-11-10(18(19)20)8(2)15-12(13)16-11/h9H,3-7H2,1-2H3,(H3,13,14,15,16). The van der Waals surface area contributed by atoms with Crippen LogP contribution in [0.1, 0.15) is 25.5 Å². The third-order valence-electron chi connectivity index (χ3n) is 3.67. The van der Waals surface area contributed by atoms with Crippen LogP contribution in [-0.2, 0) is 0 Å². The van der Waals surface area contributed by atoms with Gasteiger partial charge in [0.15, 0.2) is 0 Å². The molecule has 3 N–H and O–H groups in total. The second-order valence-electron chi connectivity index (χ2n) is 4.93. The van der Waals surface area contributed by atoms with Crippen LogP contribution in [0.4, 0.5) is 17.5 Å². The summed E-state index contributed by atoms with van der Waals surface area (Å²) in [5, 5.41) is 14.2. The van der Waals surface area contributed by atoms with E-state index in [1.54, 1.807) is 6.92 Å². The summed E-state index contributed by atoms with van der Waals surface area (Å²) in [7, 11) is 0. The van der Waals surface area contributed by atoms with Crippen molar-refractivity contribution in [1.29, 1.82) is 0 Å². The minimum Gasteiger partial charge on any atom is -0.368 e. The van der Waals surface area contributed by atoms with Crippen LogP contribution in [0.15, 0.2) is 0 Å². The molecule has 0 aromatic carbocycles. The highest BCUT2D eigenvalue weighted by atomic mass is 16.6. The number of aromatic nitrogens is 2. The Labute approximate surface area is 117 Å². The number of nitrogens with one attached hydrogen (secondary N) is 1. The molecule has 0 radical (unpaired) electrons. The lowest BCUT2D eigenvalue weighted by atomic mass is 10.2. The number of nitrogens with two attached hydrogens (primary N) is 1. The van der Waals surface area contributed by atoms with E-state index < -0.39 is 4.92 Å². The van der Waals surface area contributed by atoms with Gasteiger partial charge in [0.1, 0.15) is 5.69 Å². The van der Waals surface area contributed by atoms with Crippen LogP contribution in [0, 0.1) is 17.0 Å². The van der Waals surface area contributed by atoms with E-state index in [9.17, 15) is 10.1 Å². The molecule has 1 aromatic rings. The average molecular weight is 280 g/mol. The predicted molar refractivity (Wildman–Crippen MR) is 76.6 cm³/mol. The maximum atomic E-state index is 11.1. The van der Waals surface area contributed by atoms with Crippen molar-refractivity contribution in [1.82, 2.24) is 14.9 Å². The van der Waals surface area contributed by atoms with E-state index in [1.165, 1.54) is 0 Å². The lowest BCUT2D eigenvalue weighted by Crippen LogP contribution is -2.35. The molecule has 1 fully saturated rings. The molecule has 1 aliphatic heterocycles. The van der Waals surface area contributed by atoms with Crippen LogP contribution in [-0.4, -0.2) is 45.5 Å². The minimum atomic E-state index is -0.469. The predicted octanol–water partition coefficient (Wildman–Crippen LogP) is 1.17. The number of aryl methyl sites for hydroxylation is 1. The fraction of sp³-hybridized carbons (Fsp3) is 0.667. The van der Waals surface area contributed by atoms with Crippen molar-refractivity contribution in [3.63, 3.8) is 0 Å². The van der Waals surface area contributed by atoms with Crippen LogP contribution >= 0.6 is 0 Å². The van der Waals surface area contributed by atoms with E-state index in [-0.39, 0.29) is 23.1 Å². The zero-order chi connectivity index (χ0) is 14.7. The molecule has 1 aliphatic rings. The van der Waals surface area contributed by atoms with Gasteiger partial charge in [-0.3, -0.25) is 15.0 Å². The quantitative estimate of drug-likeness (QED) is 0.615. The molecule has 0 amide bonds. The van der Waals surface area contributed by atoms with Gasteiger partial charge in [-0.15, -0.1) is 0 Å². The van der Waals surface area contributed by atoms with E-state index >= 15 is 0 Å². The molecule has 20 heavy (non-hydrogen) atoms. The molecule has 0 spiro atoms. The molecule has 8 nitrogen and oxygen atoms in total. The number of anilines is 2. The van der Waals surface area contributed by atoms with Gasteiger partial charge in [-0.2, -0.15) is 4.98 Å². The van der Waals surface area contributed by atoms with Gasteiger partial charge in [-0.25, -0.2) is 4.98 Å². The number of nitrogens with zero attached hydrogens (tertiary/aromatic N) is 4. The molecule has 110 valence electrons. The third-order valence-corrected chi connectivity index (χ3v) is 3.67. The lowest BCUT2D eigenvalue weighted by molar-refractivity contribution is -0.385. The largest absolute Gasteiger partial charge is 0.368 e. The number of likely N-dealkylation sites (N-methyl/N-ethyl adjacent to an activating group) is 1. The van der Waals surface area contributed by atoms with E-state index in [2.05, 4.69) is 27.1 Å². The summed E-state index contributed by atoms with van der Waals surface area (Å²) in [6.45, 7) is 6.38. The number of likely N-dealkylation sites (tertiary alicyclic amines) is 1. The number of hydrogen-bond donors (Lipinski definition) is 2. The van der Waals surface area contributed by atoms with Gasteiger partial charge in [0.25, 0.3) is 0 Å². The van der Waals surface area contributed by atoms with Crippen molar-refractivity contribution >= 4 is 17.5 Å². The maximum Gasteiger partial charge on any atom is 0.332 e. The Balaban J connectivity index is 2.14. The summed E-state index contributed by atoms with van der Waals surface area (Å²) in [6.07, 6.45) is 2.25. The highest BCUT2D eigenvalue weighted by Crippen LogP contribution is 2.26. The third kappa shape index (κ3) is 2.96. The van der Waals surface area contributed by atoms with Crippen molar-refractivity contribution in [2.24, 2.45) is 0 Å². The first kappa shape index (κ1) is 14.4. The van der Waals surface area contributed by atoms with Gasteiger partial charge in [0.2, 0.25) is 11.8 Å². The number of nitro groups is 1. The first-order valence-electron chi connectivity index (χ1n) is 6.79. The molecule has 0 saturated carbocycles. The molecule has 1 saturated heterocycles. The molecular formula is C12H20N6O2.